The van der Waals surface area contributed by atoms with Gasteiger partial charge < -0.3 is 13.7 Å². The van der Waals surface area contributed by atoms with Crippen LogP contribution in [0.15, 0.2) is 245 Å². The van der Waals surface area contributed by atoms with Gasteiger partial charge in [0.15, 0.2) is 5.58 Å². The Morgan fingerprint density at radius 1 is 0.270 bits per heavy atom. The van der Waals surface area contributed by atoms with Crippen LogP contribution in [0.25, 0.3) is 99.5 Å². The molecule has 0 spiro atoms. The maximum absolute atomic E-state index is 6.98. The van der Waals surface area contributed by atoms with Crippen molar-refractivity contribution in [1.29, 1.82) is 0 Å². The number of hydrogen-bond acceptors (Lipinski definition) is 3. The van der Waals surface area contributed by atoms with Crippen molar-refractivity contribution in [3.05, 3.63) is 237 Å². The number of nitrogens with zero attached hydrogens (tertiary/aromatic N) is 1. The molecule has 0 unspecified atom stereocenters. The van der Waals surface area contributed by atoms with Crippen molar-refractivity contribution in [2.45, 2.75) is 0 Å². The molecule has 0 bridgehead atoms. The summed E-state index contributed by atoms with van der Waals surface area (Å²) in [6.07, 6.45) is 0. The highest BCUT2D eigenvalue weighted by Crippen LogP contribution is 2.45. The first-order valence-electron chi connectivity index (χ1n) is 21.4. The maximum atomic E-state index is 6.98. The Balaban J connectivity index is 0.964. The molecule has 0 fully saturated rings. The van der Waals surface area contributed by atoms with Gasteiger partial charge in [-0.2, -0.15) is 0 Å². The van der Waals surface area contributed by atoms with E-state index in [0.29, 0.717) is 0 Å². The molecular formula is C60H39NO2. The predicted molar refractivity (Wildman–Crippen MR) is 263 cm³/mol. The van der Waals surface area contributed by atoms with Gasteiger partial charge in [0.25, 0.3) is 0 Å². The van der Waals surface area contributed by atoms with E-state index < -0.39 is 0 Å². The normalized spacial score (nSPS) is 11.5. The van der Waals surface area contributed by atoms with E-state index in [1.807, 2.05) is 12.1 Å². The van der Waals surface area contributed by atoms with E-state index in [1.165, 1.54) is 33.4 Å². The first-order chi connectivity index (χ1) is 31.2. The van der Waals surface area contributed by atoms with Crippen molar-refractivity contribution < 1.29 is 8.83 Å². The summed E-state index contributed by atoms with van der Waals surface area (Å²) in [4.78, 5) is 2.31. The smallest absolute Gasteiger partial charge is 0.159 e. The summed E-state index contributed by atoms with van der Waals surface area (Å²) in [5.41, 5.74) is 18.1. The first-order valence-corrected chi connectivity index (χ1v) is 21.4. The molecule has 3 nitrogen and oxygen atoms in total. The number of para-hydroxylation sites is 1. The van der Waals surface area contributed by atoms with Crippen molar-refractivity contribution in [2.75, 3.05) is 4.90 Å². The minimum atomic E-state index is 0.814. The van der Waals surface area contributed by atoms with Crippen LogP contribution in [0.3, 0.4) is 0 Å². The number of benzene rings is 10. The van der Waals surface area contributed by atoms with Gasteiger partial charge in [-0.15, -0.1) is 0 Å². The highest BCUT2D eigenvalue weighted by molar-refractivity contribution is 6.19. The molecule has 2 heterocycles. The van der Waals surface area contributed by atoms with Crippen LogP contribution in [-0.4, -0.2) is 0 Å². The fourth-order valence-electron chi connectivity index (χ4n) is 9.14. The summed E-state index contributed by atoms with van der Waals surface area (Å²) in [6.45, 7) is 0. The number of furan rings is 2. The quantitative estimate of drug-likeness (QED) is 0.153. The van der Waals surface area contributed by atoms with E-state index >= 15 is 0 Å². The lowest BCUT2D eigenvalue weighted by molar-refractivity contribution is 0.664. The number of hydrogen-bond donors (Lipinski definition) is 0. The zero-order valence-corrected chi connectivity index (χ0v) is 34.3. The summed E-state index contributed by atoms with van der Waals surface area (Å²) in [5.74, 6) is 0. The Morgan fingerprint density at radius 3 is 1.19 bits per heavy atom. The lowest BCUT2D eigenvalue weighted by Crippen LogP contribution is -2.10. The Morgan fingerprint density at radius 2 is 0.683 bits per heavy atom. The minimum absolute atomic E-state index is 0.814. The van der Waals surface area contributed by atoms with Gasteiger partial charge >= 0.3 is 0 Å². The fourth-order valence-corrected chi connectivity index (χ4v) is 9.14. The van der Waals surface area contributed by atoms with Crippen LogP contribution in [0.5, 0.6) is 0 Å². The van der Waals surface area contributed by atoms with E-state index in [-0.39, 0.29) is 0 Å². The van der Waals surface area contributed by atoms with Gasteiger partial charge in [0.05, 0.1) is 5.69 Å². The molecule has 12 aromatic rings. The highest BCUT2D eigenvalue weighted by atomic mass is 16.3. The third-order valence-corrected chi connectivity index (χ3v) is 12.3. The van der Waals surface area contributed by atoms with Gasteiger partial charge in [-0.25, -0.2) is 0 Å². The first kappa shape index (κ1) is 36.5. The molecule has 0 saturated heterocycles. The monoisotopic (exact) mass is 805 g/mol. The van der Waals surface area contributed by atoms with E-state index in [4.69, 9.17) is 8.83 Å². The maximum Gasteiger partial charge on any atom is 0.159 e. The van der Waals surface area contributed by atoms with Gasteiger partial charge in [-0.3, -0.25) is 0 Å². The molecule has 0 aliphatic heterocycles. The molecule has 63 heavy (non-hydrogen) atoms. The van der Waals surface area contributed by atoms with Gasteiger partial charge in [-0.05, 0) is 104 Å². The van der Waals surface area contributed by atoms with Gasteiger partial charge in [0, 0.05) is 32.9 Å². The molecule has 0 saturated carbocycles. The minimum Gasteiger partial charge on any atom is -0.456 e. The second kappa shape index (κ2) is 15.3. The number of rotatable bonds is 8. The predicted octanol–water partition coefficient (Wildman–Crippen LogP) is 17.3. The summed E-state index contributed by atoms with van der Waals surface area (Å²) in [7, 11) is 0. The van der Waals surface area contributed by atoms with Crippen molar-refractivity contribution in [2.24, 2.45) is 0 Å². The van der Waals surface area contributed by atoms with Gasteiger partial charge in [0.1, 0.15) is 16.7 Å². The number of fused-ring (bicyclic) bond motifs is 6. The molecule has 0 radical (unpaired) electrons. The largest absolute Gasteiger partial charge is 0.456 e. The van der Waals surface area contributed by atoms with E-state index in [0.717, 1.165) is 83.2 Å². The molecule has 0 aliphatic rings. The van der Waals surface area contributed by atoms with Crippen molar-refractivity contribution in [3.8, 4) is 55.6 Å². The van der Waals surface area contributed by atoms with Crippen LogP contribution in [0.2, 0.25) is 0 Å². The fraction of sp³-hybridized carbons (Fsp3) is 0. The Labute approximate surface area is 365 Å². The molecule has 10 aromatic carbocycles. The molecule has 0 atom stereocenters. The zero-order valence-electron chi connectivity index (χ0n) is 34.3. The highest BCUT2D eigenvalue weighted by Gasteiger charge is 2.22. The Kier molecular flexibility index (Phi) is 8.83. The summed E-state index contributed by atoms with van der Waals surface area (Å²) >= 11 is 0. The molecule has 12 rings (SSSR count). The molecule has 296 valence electrons. The SMILES string of the molecule is c1ccc(-c2ccc(-c3ccc(N(c4ccc(-c5ccc(-c6ccccc6)cc5)cc4)c4cccc5c4oc4cc6c(cc45)oc4cccc(-c5ccccc5)c46)cc3)cc2)cc1. The Hall–Kier alpha value is -8.40. The Bertz CT molecular complexity index is 3430. The number of anilines is 3. The molecule has 0 N–H and O–H groups in total. The molecular weight excluding hydrogens is 767 g/mol. The van der Waals surface area contributed by atoms with Gasteiger partial charge in [-0.1, -0.05) is 188 Å². The average molecular weight is 806 g/mol. The molecule has 3 heteroatoms. The lowest BCUT2D eigenvalue weighted by Gasteiger charge is -2.26. The molecule has 0 amide bonds. The van der Waals surface area contributed by atoms with E-state index in [9.17, 15) is 0 Å². The second-order valence-corrected chi connectivity index (χ2v) is 16.1. The third kappa shape index (κ3) is 6.55. The van der Waals surface area contributed by atoms with Crippen molar-refractivity contribution in [1.82, 2.24) is 0 Å². The summed E-state index contributed by atoms with van der Waals surface area (Å²) in [6, 6.07) is 83.9. The standard InChI is InChI=1S/C60H39NO2/c1-4-12-40(13-5-1)42-22-26-44(27-23-42)46-30-34-49(35-31-46)61(50-36-32-47(33-37-50)45-28-24-43(25-29-45)41-14-6-2-7-15-41)55-20-10-19-52-53-38-58-54(39-57(53)63-60(52)55)59-51(18-11-21-56(59)62-58)48-16-8-3-9-17-48/h1-39H. The van der Waals surface area contributed by atoms with Crippen LogP contribution in [0.4, 0.5) is 17.1 Å². The topological polar surface area (TPSA) is 29.5 Å². The van der Waals surface area contributed by atoms with Crippen LogP contribution in [-0.2, 0) is 0 Å². The van der Waals surface area contributed by atoms with Crippen LogP contribution >= 0.6 is 0 Å². The zero-order chi connectivity index (χ0) is 41.7. The van der Waals surface area contributed by atoms with Crippen LogP contribution < -0.4 is 4.90 Å². The average Bonchev–Trinajstić information content (AvgIpc) is 3.92. The van der Waals surface area contributed by atoms with Gasteiger partial charge in [0.2, 0.25) is 0 Å². The van der Waals surface area contributed by atoms with Crippen LogP contribution in [0, 0.1) is 0 Å². The summed E-state index contributed by atoms with van der Waals surface area (Å²) in [5, 5.41) is 4.17. The van der Waals surface area contributed by atoms with E-state index in [1.54, 1.807) is 0 Å². The van der Waals surface area contributed by atoms with Crippen molar-refractivity contribution in [3.63, 3.8) is 0 Å². The van der Waals surface area contributed by atoms with Crippen LogP contribution in [0.1, 0.15) is 0 Å². The van der Waals surface area contributed by atoms with E-state index in [2.05, 4.69) is 229 Å². The van der Waals surface area contributed by atoms with Crippen molar-refractivity contribution >= 4 is 60.9 Å². The second-order valence-electron chi connectivity index (χ2n) is 16.1. The summed E-state index contributed by atoms with van der Waals surface area (Å²) < 4.78 is 13.5. The lowest BCUT2D eigenvalue weighted by atomic mass is 9.99. The molecule has 0 aliphatic carbocycles. The molecule has 2 aromatic heterocycles. The third-order valence-electron chi connectivity index (χ3n) is 12.3.